The Hall–Kier alpha value is -1.67. The van der Waals surface area contributed by atoms with E-state index in [1.54, 1.807) is 0 Å². The highest BCUT2D eigenvalue weighted by Crippen LogP contribution is 2.01. The van der Waals surface area contributed by atoms with Gasteiger partial charge in [0.25, 0.3) is 0 Å². The molecule has 0 unspecified atom stereocenters. The second-order valence-corrected chi connectivity index (χ2v) is 4.06. The van der Waals surface area contributed by atoms with Gasteiger partial charge in [-0.05, 0) is 11.5 Å². The maximum Gasteiger partial charge on any atom is 0.207 e. The average molecular weight is 262 g/mol. The molecule has 0 radical (unpaired) electrons. The molecule has 1 aromatic rings. The first-order valence-corrected chi connectivity index (χ1v) is 6.14. The molecule has 1 aromatic carbocycles. The van der Waals surface area contributed by atoms with E-state index in [-0.39, 0.29) is 31.8 Å². The van der Waals surface area contributed by atoms with Gasteiger partial charge in [0.15, 0.2) is 0 Å². The van der Waals surface area contributed by atoms with Crippen molar-refractivity contribution < 1.29 is 19.7 Å². The van der Waals surface area contributed by atoms with Gasteiger partial charge in [0, 0.05) is 12.8 Å². The van der Waals surface area contributed by atoms with Crippen molar-refractivity contribution >= 4 is 5.78 Å². The molecule has 0 aliphatic rings. The molecular weight excluding hydrogens is 244 g/mol. The van der Waals surface area contributed by atoms with E-state index in [4.69, 9.17) is 9.84 Å². The lowest BCUT2D eigenvalue weighted by Crippen LogP contribution is -2.14. The Balaban J connectivity index is 2.18. The van der Waals surface area contributed by atoms with Gasteiger partial charge in [-0.3, -0.25) is 4.79 Å². The third-order valence-electron chi connectivity index (χ3n) is 2.33. The molecule has 4 nitrogen and oxygen atoms in total. The topological polar surface area (TPSA) is 66.8 Å². The number of aliphatic hydroxyl groups is 2. The van der Waals surface area contributed by atoms with E-state index in [2.05, 4.69) is 11.8 Å². The molecule has 0 heterocycles. The van der Waals surface area contributed by atoms with Gasteiger partial charge in [-0.25, -0.2) is 0 Å². The van der Waals surface area contributed by atoms with Crippen LogP contribution >= 0.6 is 0 Å². The summed E-state index contributed by atoms with van der Waals surface area (Å²) in [5.41, 5.74) is 1.04. The number of aliphatic hydroxyl groups excluding tert-OH is 2. The van der Waals surface area contributed by atoms with Crippen LogP contribution in [0.1, 0.15) is 18.4 Å². The van der Waals surface area contributed by atoms with Gasteiger partial charge in [0.1, 0.15) is 0 Å². The molecular formula is C15H18O4. The first-order valence-electron chi connectivity index (χ1n) is 6.14. The Labute approximate surface area is 113 Å². The summed E-state index contributed by atoms with van der Waals surface area (Å²) in [6.07, 6.45) is -0.488. The highest BCUT2D eigenvalue weighted by atomic mass is 16.5. The van der Waals surface area contributed by atoms with Crippen LogP contribution in [0.3, 0.4) is 0 Å². The molecule has 0 fully saturated rings. The number of benzene rings is 1. The zero-order chi connectivity index (χ0) is 13.9. The molecule has 0 aliphatic heterocycles. The summed E-state index contributed by atoms with van der Waals surface area (Å²) in [6.45, 7) is 0.419. The summed E-state index contributed by atoms with van der Waals surface area (Å²) in [5.74, 6) is 4.62. The van der Waals surface area contributed by atoms with E-state index in [9.17, 15) is 9.90 Å². The summed E-state index contributed by atoms with van der Waals surface area (Å²) in [4.78, 5) is 11.0. The Morgan fingerprint density at radius 3 is 2.74 bits per heavy atom. The smallest absolute Gasteiger partial charge is 0.207 e. The Morgan fingerprint density at radius 2 is 2.05 bits per heavy atom. The minimum absolute atomic E-state index is 0.0353. The number of rotatable bonds is 7. The van der Waals surface area contributed by atoms with Gasteiger partial charge in [0.2, 0.25) is 5.78 Å². The largest absolute Gasteiger partial charge is 0.396 e. The number of Topliss-reactive ketones (excluding diaryl/α,β-unsaturated/α-hetero) is 1. The molecule has 0 aliphatic carbocycles. The fourth-order valence-corrected chi connectivity index (χ4v) is 1.38. The van der Waals surface area contributed by atoms with Gasteiger partial charge in [-0.1, -0.05) is 36.3 Å². The fraction of sp³-hybridized carbons (Fsp3) is 0.400. The Kier molecular flexibility index (Phi) is 7.52. The van der Waals surface area contributed by atoms with Crippen molar-refractivity contribution in [2.45, 2.75) is 25.6 Å². The lowest BCUT2D eigenvalue weighted by molar-refractivity contribution is -0.114. The van der Waals surface area contributed by atoms with Crippen molar-refractivity contribution in [1.82, 2.24) is 0 Å². The molecule has 4 heteroatoms. The molecule has 1 rings (SSSR count). The summed E-state index contributed by atoms with van der Waals surface area (Å²) in [5, 5.41) is 18.1. The summed E-state index contributed by atoms with van der Waals surface area (Å²) in [6, 6.07) is 9.66. The maximum atomic E-state index is 11.0. The van der Waals surface area contributed by atoms with Gasteiger partial charge in [-0.2, -0.15) is 0 Å². The fourth-order valence-electron chi connectivity index (χ4n) is 1.38. The molecule has 2 N–H and O–H groups in total. The predicted octanol–water partition coefficient (Wildman–Crippen LogP) is 0.909. The summed E-state index contributed by atoms with van der Waals surface area (Å²) >= 11 is 0. The van der Waals surface area contributed by atoms with Crippen LogP contribution in [-0.4, -0.2) is 35.3 Å². The predicted molar refractivity (Wildman–Crippen MR) is 71.2 cm³/mol. The first-order chi connectivity index (χ1) is 9.22. The number of ketones is 1. The third kappa shape index (κ3) is 7.37. The van der Waals surface area contributed by atoms with E-state index in [0.717, 1.165) is 5.56 Å². The number of hydrogen-bond acceptors (Lipinski definition) is 4. The van der Waals surface area contributed by atoms with E-state index in [1.165, 1.54) is 0 Å². The van der Waals surface area contributed by atoms with Crippen molar-refractivity contribution in [1.29, 1.82) is 0 Å². The number of carbonyl (C=O) groups excluding carboxylic acids is 1. The van der Waals surface area contributed by atoms with Crippen LogP contribution in [0.5, 0.6) is 0 Å². The highest BCUT2D eigenvalue weighted by Gasteiger charge is 2.02. The zero-order valence-corrected chi connectivity index (χ0v) is 10.7. The van der Waals surface area contributed by atoms with Crippen LogP contribution < -0.4 is 0 Å². The molecule has 1 atom stereocenters. The summed E-state index contributed by atoms with van der Waals surface area (Å²) < 4.78 is 5.34. The molecule has 0 spiro atoms. The standard InChI is InChI=1S/C15H18O4/c16-10-9-14(17)7-4-8-15(18)12-19-11-13-5-2-1-3-6-13/h1-3,5-6,15-16,18H,8-12H2/t15-/m1/s1. The van der Waals surface area contributed by atoms with Crippen molar-refractivity contribution in [3.63, 3.8) is 0 Å². The average Bonchev–Trinajstić information content (AvgIpc) is 2.40. The zero-order valence-electron chi connectivity index (χ0n) is 10.7. The number of ether oxygens (including phenoxy) is 1. The maximum absolute atomic E-state index is 11.0. The van der Waals surface area contributed by atoms with Crippen LogP contribution in [-0.2, 0) is 16.1 Å². The number of hydrogen-bond donors (Lipinski definition) is 2. The molecule has 0 bridgehead atoms. The van der Waals surface area contributed by atoms with Gasteiger partial charge in [0.05, 0.1) is 25.9 Å². The Bertz CT molecular complexity index is 430. The van der Waals surface area contributed by atoms with Gasteiger partial charge >= 0.3 is 0 Å². The van der Waals surface area contributed by atoms with Crippen molar-refractivity contribution in [3.05, 3.63) is 35.9 Å². The second-order valence-electron chi connectivity index (χ2n) is 4.06. The minimum Gasteiger partial charge on any atom is -0.396 e. The lowest BCUT2D eigenvalue weighted by atomic mass is 10.2. The van der Waals surface area contributed by atoms with Crippen LogP contribution in [0.25, 0.3) is 0 Å². The van der Waals surface area contributed by atoms with Crippen LogP contribution in [0, 0.1) is 11.8 Å². The summed E-state index contributed by atoms with van der Waals surface area (Å²) in [7, 11) is 0. The molecule has 19 heavy (non-hydrogen) atoms. The normalized spacial score (nSPS) is 11.5. The highest BCUT2D eigenvalue weighted by molar-refractivity contribution is 5.95. The van der Waals surface area contributed by atoms with Gasteiger partial charge in [-0.15, -0.1) is 0 Å². The molecule has 0 saturated carbocycles. The van der Waals surface area contributed by atoms with Crippen LogP contribution in [0.2, 0.25) is 0 Å². The SMILES string of the molecule is O=C(C#CC[C@@H](O)COCc1ccccc1)CCO. The van der Waals surface area contributed by atoms with E-state index in [1.807, 2.05) is 30.3 Å². The molecule has 0 amide bonds. The van der Waals surface area contributed by atoms with Crippen LogP contribution in [0.15, 0.2) is 30.3 Å². The van der Waals surface area contributed by atoms with Crippen molar-refractivity contribution in [2.75, 3.05) is 13.2 Å². The Morgan fingerprint density at radius 1 is 1.32 bits per heavy atom. The first kappa shape index (κ1) is 15.4. The lowest BCUT2D eigenvalue weighted by Gasteiger charge is -2.08. The van der Waals surface area contributed by atoms with Crippen molar-refractivity contribution in [3.8, 4) is 11.8 Å². The third-order valence-corrected chi connectivity index (χ3v) is 2.33. The van der Waals surface area contributed by atoms with E-state index >= 15 is 0 Å². The van der Waals surface area contributed by atoms with E-state index < -0.39 is 6.10 Å². The monoisotopic (exact) mass is 262 g/mol. The second kappa shape index (κ2) is 9.29. The van der Waals surface area contributed by atoms with Crippen molar-refractivity contribution in [2.24, 2.45) is 0 Å². The van der Waals surface area contributed by atoms with Crippen LogP contribution in [0.4, 0.5) is 0 Å². The quantitative estimate of drug-likeness (QED) is 0.566. The minimum atomic E-state index is -0.710. The van der Waals surface area contributed by atoms with E-state index in [0.29, 0.717) is 6.61 Å². The molecule has 0 saturated heterocycles. The van der Waals surface area contributed by atoms with Gasteiger partial charge < -0.3 is 14.9 Å². The number of carbonyl (C=O) groups is 1. The molecule has 0 aromatic heterocycles. The molecule has 102 valence electrons.